The van der Waals surface area contributed by atoms with E-state index in [0.29, 0.717) is 78.5 Å². The van der Waals surface area contributed by atoms with E-state index >= 15 is 0 Å². The molecule has 0 aromatic heterocycles. The van der Waals surface area contributed by atoms with Gasteiger partial charge in [0.1, 0.15) is 0 Å². The van der Waals surface area contributed by atoms with Crippen LogP contribution in [0.5, 0.6) is 0 Å². The number of unbranched alkanes of at least 4 members (excludes halogenated alkanes) is 12. The van der Waals surface area contributed by atoms with Crippen LogP contribution in [-0.4, -0.2) is 174 Å². The van der Waals surface area contributed by atoms with Gasteiger partial charge in [-0.1, -0.05) is 160 Å². The fraction of sp³-hybridized carbons (Fsp3) is 0.882. The van der Waals surface area contributed by atoms with Gasteiger partial charge in [0.05, 0.1) is 76.7 Å². The average Bonchev–Trinajstić information content (AvgIpc) is 1.11. The zero-order valence-electron chi connectivity index (χ0n) is 60.1. The van der Waals surface area contributed by atoms with Gasteiger partial charge in [-0.2, -0.15) is 0 Å². The van der Waals surface area contributed by atoms with E-state index in [-0.39, 0.29) is 48.1 Å². The van der Waals surface area contributed by atoms with Gasteiger partial charge in [0.25, 0.3) is 0 Å². The Kier molecular flexibility index (Phi) is 66.0. The quantitative estimate of drug-likeness (QED) is 0.0248. The average molecular weight is 1370 g/mol. The number of ether oxygens (including phenoxy) is 12. The number of carboxylic acid groups (broad SMARTS) is 4. The minimum Gasteiger partial charge on any atom is -0.546 e. The van der Waals surface area contributed by atoms with Crippen molar-refractivity contribution in [1.29, 1.82) is 0 Å². The zero-order valence-corrected chi connectivity index (χ0v) is 61.6. The Morgan fingerprint density at radius 2 is 0.344 bits per heavy atom. The van der Waals surface area contributed by atoms with Gasteiger partial charge in [0, 0.05) is 26.4 Å². The van der Waals surface area contributed by atoms with E-state index in [0.717, 1.165) is 128 Å². The molecule has 0 saturated carbocycles. The third kappa shape index (κ3) is 43.0. The van der Waals surface area contributed by atoms with Crippen LogP contribution in [0.1, 0.15) is 265 Å². The van der Waals surface area contributed by atoms with E-state index in [1.165, 1.54) is 27.7 Å². The SMILES string of the molecule is CCCCOC(OCCCC)C(=O)C(C)(OCCCC)C(=O)[O-].CCCCOC(OCCCC)C(=O)C(C)(OCCCC)C(=O)[O-].CCCCOC(OCCCC)C(=O)C(C)(OCCCC)C(=O)[O-].CCCCOC(OCCCC)C(=O)C(C)(OCCCC)C(=O)[O-].[Ti+4]. The first-order valence-electron chi connectivity index (χ1n) is 34.3. The van der Waals surface area contributed by atoms with E-state index in [4.69, 9.17) is 56.8 Å². The molecule has 0 rings (SSSR count). The van der Waals surface area contributed by atoms with Crippen LogP contribution in [0.4, 0.5) is 0 Å². The second kappa shape index (κ2) is 62.3. The van der Waals surface area contributed by atoms with Crippen molar-refractivity contribution in [2.45, 2.75) is 312 Å². The number of carbonyl (C=O) groups is 8. The van der Waals surface area contributed by atoms with Crippen molar-refractivity contribution in [3.05, 3.63) is 0 Å². The monoisotopic (exact) mass is 1370 g/mol. The molecule has 0 radical (unpaired) electrons. The number of hydrogen-bond acceptors (Lipinski definition) is 24. The van der Waals surface area contributed by atoms with Gasteiger partial charge >= 0.3 is 21.7 Å². The maximum absolute atomic E-state index is 12.6. The van der Waals surface area contributed by atoms with Crippen molar-refractivity contribution in [2.24, 2.45) is 0 Å². The molecule has 4 unspecified atom stereocenters. The van der Waals surface area contributed by atoms with Crippen LogP contribution in [0, 0.1) is 0 Å². The summed E-state index contributed by atoms with van der Waals surface area (Å²) in [6.07, 6.45) is 14.4. The molecule has 0 bridgehead atoms. The Bertz CT molecular complexity index is 1610. The van der Waals surface area contributed by atoms with Crippen molar-refractivity contribution >= 4 is 47.0 Å². The van der Waals surface area contributed by atoms with Crippen molar-refractivity contribution < 1.29 is 137 Å². The normalized spacial score (nSPS) is 13.8. The summed E-state index contributed by atoms with van der Waals surface area (Å²) in [6.45, 7) is 31.9. The van der Waals surface area contributed by atoms with E-state index in [2.05, 4.69) is 0 Å². The van der Waals surface area contributed by atoms with Crippen LogP contribution in [-0.2, 0) is 117 Å². The van der Waals surface area contributed by atoms with Crippen LogP contribution in [0.3, 0.4) is 0 Å². The van der Waals surface area contributed by atoms with Crippen LogP contribution in [0.15, 0.2) is 0 Å². The van der Waals surface area contributed by atoms with Gasteiger partial charge in [0.15, 0.2) is 22.4 Å². The molecule has 544 valence electrons. The van der Waals surface area contributed by atoms with Gasteiger partial charge in [0.2, 0.25) is 48.3 Å². The van der Waals surface area contributed by atoms with Crippen LogP contribution in [0.2, 0.25) is 0 Å². The summed E-state index contributed by atoms with van der Waals surface area (Å²) >= 11 is 0. The second-order valence-corrected chi connectivity index (χ2v) is 22.7. The van der Waals surface area contributed by atoms with Crippen molar-refractivity contribution in [2.75, 3.05) is 79.3 Å². The Balaban J connectivity index is -0.000000369. The molecule has 0 spiro atoms. The summed E-state index contributed by atoms with van der Waals surface area (Å²) < 4.78 is 64.9. The van der Waals surface area contributed by atoms with E-state index in [1.54, 1.807) is 0 Å². The molecule has 4 atom stereocenters. The minimum absolute atomic E-state index is 0. The molecule has 0 saturated heterocycles. The molecule has 0 aliphatic carbocycles. The Hall–Kier alpha value is -3.21. The summed E-state index contributed by atoms with van der Waals surface area (Å²) in [6, 6.07) is 0. The Morgan fingerprint density at radius 3 is 0.441 bits per heavy atom. The standard InChI is InChI=1S/4C17H32O6.Ti/c4*1-5-8-11-21-15(22-12-9-6-2)14(18)17(4,16(19)20)23-13-10-7-3;/h4*15H,5-13H2,1-4H3,(H,19,20);/q;;;;+4/p-4. The topological polar surface area (TPSA) is 340 Å². The molecule has 0 N–H and O–H groups in total. The van der Waals surface area contributed by atoms with E-state index in [1.807, 2.05) is 83.1 Å². The van der Waals surface area contributed by atoms with Gasteiger partial charge in [-0.15, -0.1) is 0 Å². The number of aliphatic carboxylic acids is 4. The van der Waals surface area contributed by atoms with E-state index < -0.39 is 94.6 Å². The molecule has 0 amide bonds. The Morgan fingerprint density at radius 1 is 0.237 bits per heavy atom. The molecule has 0 aromatic rings. The smallest absolute Gasteiger partial charge is 0.546 e. The number of Topliss-reactive ketones (excluding diaryl/α,β-unsaturated/α-hetero) is 4. The molecule has 0 fully saturated rings. The second-order valence-electron chi connectivity index (χ2n) is 22.7. The molecule has 0 aliphatic heterocycles. The number of carboxylic acids is 4. The Labute approximate surface area is 573 Å². The summed E-state index contributed by atoms with van der Waals surface area (Å²) in [4.78, 5) is 96.2. The van der Waals surface area contributed by atoms with Gasteiger partial charge < -0.3 is 96.4 Å². The predicted molar refractivity (Wildman–Crippen MR) is 339 cm³/mol. The zero-order chi connectivity index (χ0) is 70.9. The maximum Gasteiger partial charge on any atom is 4.00 e. The summed E-state index contributed by atoms with van der Waals surface area (Å²) in [5.41, 5.74) is -8.23. The van der Waals surface area contributed by atoms with Gasteiger partial charge in [-0.3, -0.25) is 19.2 Å². The molecular weight excluding hydrogens is 1250 g/mol. The van der Waals surface area contributed by atoms with E-state index in [9.17, 15) is 58.8 Å². The summed E-state index contributed by atoms with van der Waals surface area (Å²) in [5, 5.41) is 45.8. The number of rotatable bonds is 60. The van der Waals surface area contributed by atoms with Crippen LogP contribution < -0.4 is 20.4 Å². The van der Waals surface area contributed by atoms with Crippen molar-refractivity contribution in [3.63, 3.8) is 0 Å². The first kappa shape index (κ1) is 98.5. The molecule has 0 heterocycles. The minimum atomic E-state index is -2.06. The molecule has 0 aliphatic rings. The van der Waals surface area contributed by atoms with Gasteiger partial charge in [-0.05, 0) is 105 Å². The third-order valence-electron chi connectivity index (χ3n) is 14.0. The fourth-order valence-corrected chi connectivity index (χ4v) is 6.98. The van der Waals surface area contributed by atoms with Crippen molar-refractivity contribution in [3.8, 4) is 0 Å². The first-order chi connectivity index (χ1) is 43.7. The molecule has 25 heteroatoms. The summed E-state index contributed by atoms with van der Waals surface area (Å²) in [7, 11) is 0. The number of carbonyl (C=O) groups excluding carboxylic acids is 8. The molecule has 93 heavy (non-hydrogen) atoms. The third-order valence-corrected chi connectivity index (χ3v) is 14.0. The summed E-state index contributed by atoms with van der Waals surface area (Å²) in [5.74, 6) is -9.27. The molecule has 0 aromatic carbocycles. The van der Waals surface area contributed by atoms with Crippen LogP contribution in [0.25, 0.3) is 0 Å². The number of hydrogen-bond donors (Lipinski definition) is 0. The fourth-order valence-electron chi connectivity index (χ4n) is 6.98. The largest absolute Gasteiger partial charge is 4.00 e. The molecule has 24 nitrogen and oxygen atoms in total. The molecular formula is C68H124O24Ti. The van der Waals surface area contributed by atoms with Gasteiger partial charge in [-0.25, -0.2) is 0 Å². The van der Waals surface area contributed by atoms with Crippen molar-refractivity contribution in [1.82, 2.24) is 0 Å². The van der Waals surface area contributed by atoms with Crippen LogP contribution >= 0.6 is 0 Å². The maximum atomic E-state index is 12.6. The first-order valence-corrected chi connectivity index (χ1v) is 34.3. The number of ketones is 4. The predicted octanol–water partition coefficient (Wildman–Crippen LogP) is 7.36.